The van der Waals surface area contributed by atoms with Gasteiger partial charge >= 0.3 is 6.09 Å². The van der Waals surface area contributed by atoms with Crippen LogP contribution in [0.3, 0.4) is 0 Å². The number of carbonyl (C=O) groups excluding carboxylic acids is 1. The highest BCUT2D eigenvalue weighted by Gasteiger charge is 2.32. The predicted molar refractivity (Wildman–Crippen MR) is 130 cm³/mol. The number of nitrogens with zero attached hydrogens (tertiary/aromatic N) is 4. The Labute approximate surface area is 198 Å². The summed E-state index contributed by atoms with van der Waals surface area (Å²) in [4.78, 5) is 21.5. The molecule has 1 fully saturated rings. The molecule has 0 N–H and O–H groups in total. The Kier molecular flexibility index (Phi) is 6.28. The number of rotatable bonds is 3. The number of aromatic nitrogens is 2. The first-order chi connectivity index (χ1) is 15.1. The molecular weight excluding hydrogens is 447 g/mol. The first-order valence-electron chi connectivity index (χ1n) is 10.8. The molecule has 170 valence electrons. The maximum Gasteiger partial charge on any atom is 0.410 e. The van der Waals surface area contributed by atoms with E-state index in [1.165, 1.54) is 0 Å². The number of hydrogen-bond donors (Lipinski definition) is 0. The van der Waals surface area contributed by atoms with Gasteiger partial charge in [0.05, 0.1) is 17.6 Å². The highest BCUT2D eigenvalue weighted by atomic mass is 35.5. The van der Waals surface area contributed by atoms with Crippen LogP contribution < -0.4 is 4.90 Å². The normalized spacial score (nSPS) is 17.1. The summed E-state index contributed by atoms with van der Waals surface area (Å²) in [5, 5.41) is 1.32. The first kappa shape index (κ1) is 22.7. The molecule has 2 aromatic carbocycles. The third-order valence-corrected chi connectivity index (χ3v) is 6.11. The minimum absolute atomic E-state index is 0.0710. The van der Waals surface area contributed by atoms with Crippen LogP contribution in [0.1, 0.15) is 33.3 Å². The second kappa shape index (κ2) is 8.83. The highest BCUT2D eigenvalue weighted by molar-refractivity contribution is 6.33. The molecular formula is C24H28Cl2N4O2. The molecule has 1 atom stereocenters. The average molecular weight is 475 g/mol. The minimum Gasteiger partial charge on any atom is -0.444 e. The van der Waals surface area contributed by atoms with E-state index in [2.05, 4.69) is 22.5 Å². The van der Waals surface area contributed by atoms with Gasteiger partial charge in [0, 0.05) is 35.7 Å². The molecule has 0 bridgehead atoms. The van der Waals surface area contributed by atoms with Crippen LogP contribution in [0, 0.1) is 0 Å². The summed E-state index contributed by atoms with van der Waals surface area (Å²) >= 11 is 12.7. The van der Waals surface area contributed by atoms with Crippen molar-refractivity contribution in [1.29, 1.82) is 0 Å². The van der Waals surface area contributed by atoms with E-state index in [-0.39, 0.29) is 12.1 Å². The number of benzene rings is 2. The molecule has 1 aliphatic rings. The molecule has 0 aliphatic carbocycles. The number of amides is 1. The smallest absolute Gasteiger partial charge is 0.410 e. The van der Waals surface area contributed by atoms with E-state index >= 15 is 0 Å². The van der Waals surface area contributed by atoms with Gasteiger partial charge in [-0.25, -0.2) is 9.78 Å². The second-order valence-corrected chi connectivity index (χ2v) is 10.0. The number of carbonyl (C=O) groups is 1. The number of hydrogen-bond acceptors (Lipinski definition) is 4. The quantitative estimate of drug-likeness (QED) is 0.478. The number of imidazole rings is 1. The van der Waals surface area contributed by atoms with Crippen LogP contribution in [0.5, 0.6) is 0 Å². The number of anilines is 1. The second-order valence-electron chi connectivity index (χ2n) is 9.19. The molecule has 1 saturated heterocycles. The number of piperazine rings is 1. The number of fused-ring (bicyclic) bond motifs is 1. The molecule has 32 heavy (non-hydrogen) atoms. The molecule has 0 radical (unpaired) electrons. The number of ether oxygens (including phenoxy) is 1. The van der Waals surface area contributed by atoms with Crippen LogP contribution in [0.4, 0.5) is 10.7 Å². The van der Waals surface area contributed by atoms with Crippen LogP contribution >= 0.6 is 23.2 Å². The van der Waals surface area contributed by atoms with Crippen LogP contribution in [0.15, 0.2) is 42.5 Å². The largest absolute Gasteiger partial charge is 0.444 e. The maximum absolute atomic E-state index is 12.6. The van der Waals surface area contributed by atoms with Gasteiger partial charge in [0.1, 0.15) is 5.60 Å². The van der Waals surface area contributed by atoms with E-state index in [1.807, 2.05) is 51.1 Å². The highest BCUT2D eigenvalue weighted by Crippen LogP contribution is 2.29. The van der Waals surface area contributed by atoms with E-state index in [1.54, 1.807) is 11.0 Å². The van der Waals surface area contributed by atoms with Crippen molar-refractivity contribution < 1.29 is 9.53 Å². The lowest BCUT2D eigenvalue weighted by Gasteiger charge is -2.40. The molecule has 0 saturated carbocycles. The summed E-state index contributed by atoms with van der Waals surface area (Å²) < 4.78 is 7.74. The molecule has 3 aromatic rings. The van der Waals surface area contributed by atoms with Crippen molar-refractivity contribution in [2.24, 2.45) is 0 Å². The monoisotopic (exact) mass is 474 g/mol. The molecule has 4 rings (SSSR count). The number of halogens is 2. The Hall–Kier alpha value is -2.44. The summed E-state index contributed by atoms with van der Waals surface area (Å²) in [5.41, 5.74) is 2.37. The van der Waals surface area contributed by atoms with E-state index in [0.29, 0.717) is 36.2 Å². The first-order valence-corrected chi connectivity index (χ1v) is 11.5. The van der Waals surface area contributed by atoms with Gasteiger partial charge in [0.15, 0.2) is 0 Å². The van der Waals surface area contributed by atoms with E-state index < -0.39 is 5.60 Å². The van der Waals surface area contributed by atoms with Crippen molar-refractivity contribution in [3.05, 3.63) is 58.1 Å². The van der Waals surface area contributed by atoms with Gasteiger partial charge in [-0.2, -0.15) is 0 Å². The lowest BCUT2D eigenvalue weighted by atomic mass is 10.2. The Bertz CT molecular complexity index is 1140. The van der Waals surface area contributed by atoms with Gasteiger partial charge in [-0.3, -0.25) is 0 Å². The van der Waals surface area contributed by atoms with Crippen LogP contribution in [-0.4, -0.2) is 51.8 Å². The van der Waals surface area contributed by atoms with Crippen molar-refractivity contribution in [3.8, 4) is 0 Å². The van der Waals surface area contributed by atoms with Gasteiger partial charge < -0.3 is 19.1 Å². The summed E-state index contributed by atoms with van der Waals surface area (Å²) in [5.74, 6) is 0.860. The Morgan fingerprint density at radius 3 is 2.62 bits per heavy atom. The van der Waals surface area contributed by atoms with E-state index in [0.717, 1.165) is 22.5 Å². The van der Waals surface area contributed by atoms with Crippen LogP contribution in [0.2, 0.25) is 10.0 Å². The summed E-state index contributed by atoms with van der Waals surface area (Å²) in [6.45, 7) is 10.1. The summed E-state index contributed by atoms with van der Waals surface area (Å²) in [6, 6.07) is 13.6. The lowest BCUT2D eigenvalue weighted by molar-refractivity contribution is 0.0218. The molecule has 1 aliphatic heterocycles. The van der Waals surface area contributed by atoms with Crippen molar-refractivity contribution in [3.63, 3.8) is 0 Å². The zero-order chi connectivity index (χ0) is 23.0. The molecule has 6 nitrogen and oxygen atoms in total. The molecule has 2 heterocycles. The lowest BCUT2D eigenvalue weighted by Crippen LogP contribution is -2.55. The Balaban J connectivity index is 1.64. The molecule has 0 unspecified atom stereocenters. The predicted octanol–water partition coefficient (Wildman–Crippen LogP) is 5.84. The Morgan fingerprint density at radius 1 is 1.16 bits per heavy atom. The van der Waals surface area contributed by atoms with Gasteiger partial charge in [0.2, 0.25) is 5.95 Å². The van der Waals surface area contributed by atoms with Crippen LogP contribution in [-0.2, 0) is 11.3 Å². The Morgan fingerprint density at radius 2 is 1.91 bits per heavy atom. The fourth-order valence-corrected chi connectivity index (χ4v) is 4.39. The third-order valence-electron chi connectivity index (χ3n) is 5.51. The maximum atomic E-state index is 12.6. The summed E-state index contributed by atoms with van der Waals surface area (Å²) in [6.07, 6.45) is -0.275. The molecule has 8 heteroatoms. The SMILES string of the molecule is C[C@@H]1CN(C(=O)OC(C)(C)C)CCN1c1nc2ccccc2n1Cc1cc(Cl)ccc1Cl. The fourth-order valence-electron chi connectivity index (χ4n) is 4.02. The zero-order valence-corrected chi connectivity index (χ0v) is 20.3. The molecule has 0 spiro atoms. The van der Waals surface area contributed by atoms with Crippen molar-refractivity contribution in [2.75, 3.05) is 24.5 Å². The zero-order valence-electron chi connectivity index (χ0n) is 18.8. The van der Waals surface area contributed by atoms with Crippen molar-refractivity contribution in [1.82, 2.24) is 14.5 Å². The van der Waals surface area contributed by atoms with E-state index in [9.17, 15) is 4.79 Å². The topological polar surface area (TPSA) is 50.6 Å². The fraction of sp³-hybridized carbons (Fsp3) is 0.417. The van der Waals surface area contributed by atoms with Gasteiger partial charge in [0.25, 0.3) is 0 Å². The average Bonchev–Trinajstić information content (AvgIpc) is 3.07. The standard InChI is InChI=1S/C24H28Cl2N4O2/c1-16-14-28(23(31)32-24(2,3)4)11-12-29(16)22-27-20-7-5-6-8-21(20)30(22)15-17-13-18(25)9-10-19(17)26/h5-10,13,16H,11-12,14-15H2,1-4H3/t16-/m1/s1. The van der Waals surface area contributed by atoms with Crippen LogP contribution in [0.25, 0.3) is 11.0 Å². The van der Waals surface area contributed by atoms with Gasteiger partial charge in [-0.1, -0.05) is 35.3 Å². The summed E-state index contributed by atoms with van der Waals surface area (Å²) in [7, 11) is 0. The molecule has 1 aromatic heterocycles. The van der Waals surface area contributed by atoms with E-state index in [4.69, 9.17) is 32.9 Å². The van der Waals surface area contributed by atoms with Gasteiger partial charge in [-0.05, 0) is 63.6 Å². The minimum atomic E-state index is -0.512. The van der Waals surface area contributed by atoms with Crippen molar-refractivity contribution in [2.45, 2.75) is 45.9 Å². The number of para-hydroxylation sites is 2. The third kappa shape index (κ3) is 4.81. The van der Waals surface area contributed by atoms with Crippen molar-refractivity contribution >= 4 is 46.3 Å². The molecule has 1 amide bonds. The van der Waals surface area contributed by atoms with Gasteiger partial charge in [-0.15, -0.1) is 0 Å².